The molecule has 2 amide bonds. The maximum Gasteiger partial charge on any atom is 0.319 e. The average Bonchev–Trinajstić information content (AvgIpc) is 2.70. The highest BCUT2D eigenvalue weighted by atomic mass is 79.9. The lowest BCUT2D eigenvalue weighted by Gasteiger charge is -2.25. The van der Waals surface area contributed by atoms with Crippen LogP contribution in [0.25, 0.3) is 0 Å². The molecule has 2 unspecified atom stereocenters. The van der Waals surface area contributed by atoms with E-state index in [9.17, 15) is 14.7 Å². The lowest BCUT2D eigenvalue weighted by atomic mass is 9.85. The molecule has 0 spiro atoms. The standard InChI is InChI=1S/C14H17BrN2O4/c1-8-3-9(15)5-10(4-8)16-13(20)17-11-6-21-7-14(11,2)12(18)19/h3-5,11H,6-7H2,1-2H3,(H,18,19)(H2,16,17,20). The summed E-state index contributed by atoms with van der Waals surface area (Å²) >= 11 is 3.36. The van der Waals surface area contributed by atoms with E-state index in [0.717, 1.165) is 10.0 Å². The van der Waals surface area contributed by atoms with Gasteiger partial charge in [0, 0.05) is 10.2 Å². The summed E-state index contributed by atoms with van der Waals surface area (Å²) in [6.45, 7) is 3.76. The minimum Gasteiger partial charge on any atom is -0.481 e. The molecule has 1 aliphatic heterocycles. The van der Waals surface area contributed by atoms with E-state index < -0.39 is 23.5 Å². The van der Waals surface area contributed by atoms with Gasteiger partial charge in [0.05, 0.1) is 19.3 Å². The van der Waals surface area contributed by atoms with Gasteiger partial charge >= 0.3 is 12.0 Å². The molecule has 0 radical (unpaired) electrons. The number of hydrogen-bond acceptors (Lipinski definition) is 3. The lowest BCUT2D eigenvalue weighted by Crippen LogP contribution is -2.50. The number of halogens is 1. The molecule has 114 valence electrons. The van der Waals surface area contributed by atoms with E-state index in [2.05, 4.69) is 26.6 Å². The molecule has 2 atom stereocenters. The Hall–Kier alpha value is -1.60. The Morgan fingerprint density at radius 2 is 2.14 bits per heavy atom. The van der Waals surface area contributed by atoms with Gasteiger partial charge in [0.15, 0.2) is 0 Å². The number of rotatable bonds is 3. The van der Waals surface area contributed by atoms with Crippen LogP contribution in [0, 0.1) is 12.3 Å². The topological polar surface area (TPSA) is 87.7 Å². The third kappa shape index (κ3) is 3.54. The van der Waals surface area contributed by atoms with Gasteiger partial charge in [-0.2, -0.15) is 0 Å². The molecule has 2 rings (SSSR count). The summed E-state index contributed by atoms with van der Waals surface area (Å²) in [6.07, 6.45) is 0. The van der Waals surface area contributed by atoms with Gasteiger partial charge in [-0.15, -0.1) is 0 Å². The molecule has 1 saturated heterocycles. The normalized spacial score (nSPS) is 24.6. The van der Waals surface area contributed by atoms with E-state index in [1.165, 1.54) is 0 Å². The van der Waals surface area contributed by atoms with Gasteiger partial charge in [-0.05, 0) is 37.6 Å². The second-order valence-electron chi connectivity index (χ2n) is 5.41. The van der Waals surface area contributed by atoms with Gasteiger partial charge in [-0.25, -0.2) is 4.79 Å². The molecule has 0 saturated carbocycles. The van der Waals surface area contributed by atoms with Gasteiger partial charge in [0.2, 0.25) is 0 Å². The van der Waals surface area contributed by atoms with Crippen molar-refractivity contribution in [2.24, 2.45) is 5.41 Å². The van der Waals surface area contributed by atoms with Crippen molar-refractivity contribution >= 4 is 33.6 Å². The molecule has 0 aromatic heterocycles. The molecule has 6 nitrogen and oxygen atoms in total. The van der Waals surface area contributed by atoms with E-state index in [-0.39, 0.29) is 13.2 Å². The van der Waals surface area contributed by atoms with Crippen LogP contribution in [0.15, 0.2) is 22.7 Å². The summed E-state index contributed by atoms with van der Waals surface area (Å²) in [5, 5.41) is 14.6. The highest BCUT2D eigenvalue weighted by Crippen LogP contribution is 2.28. The van der Waals surface area contributed by atoms with Crippen molar-refractivity contribution in [2.45, 2.75) is 19.9 Å². The number of nitrogens with one attached hydrogen (secondary N) is 2. The number of aliphatic carboxylic acids is 1. The zero-order valence-electron chi connectivity index (χ0n) is 11.8. The molecule has 1 fully saturated rings. The first kappa shape index (κ1) is 15.8. The Balaban J connectivity index is 2.03. The van der Waals surface area contributed by atoms with E-state index in [0.29, 0.717) is 5.69 Å². The maximum absolute atomic E-state index is 12.0. The fourth-order valence-electron chi connectivity index (χ4n) is 2.22. The van der Waals surface area contributed by atoms with Crippen LogP contribution in [-0.2, 0) is 9.53 Å². The fraction of sp³-hybridized carbons (Fsp3) is 0.429. The van der Waals surface area contributed by atoms with Gasteiger partial charge in [0.1, 0.15) is 5.41 Å². The summed E-state index contributed by atoms with van der Waals surface area (Å²) in [7, 11) is 0. The zero-order valence-corrected chi connectivity index (χ0v) is 13.4. The highest BCUT2D eigenvalue weighted by molar-refractivity contribution is 9.10. The van der Waals surface area contributed by atoms with Crippen LogP contribution < -0.4 is 10.6 Å². The minimum atomic E-state index is -1.11. The van der Waals surface area contributed by atoms with Crippen molar-refractivity contribution in [2.75, 3.05) is 18.5 Å². The average molecular weight is 357 g/mol. The zero-order chi connectivity index (χ0) is 15.6. The van der Waals surface area contributed by atoms with Crippen molar-refractivity contribution in [3.8, 4) is 0 Å². The molecule has 1 aromatic carbocycles. The monoisotopic (exact) mass is 356 g/mol. The van der Waals surface area contributed by atoms with Crippen LogP contribution >= 0.6 is 15.9 Å². The Labute approximate surface area is 131 Å². The SMILES string of the molecule is Cc1cc(Br)cc(NC(=O)NC2COCC2(C)C(=O)O)c1. The fourth-order valence-corrected chi connectivity index (χ4v) is 2.83. The predicted octanol–water partition coefficient (Wildman–Crippen LogP) is 2.37. The van der Waals surface area contributed by atoms with Gasteiger partial charge in [0.25, 0.3) is 0 Å². The Bertz CT molecular complexity index is 558. The van der Waals surface area contributed by atoms with E-state index in [4.69, 9.17) is 4.74 Å². The van der Waals surface area contributed by atoms with Gasteiger partial charge in [-0.3, -0.25) is 4.79 Å². The minimum absolute atomic E-state index is 0.0866. The van der Waals surface area contributed by atoms with E-state index >= 15 is 0 Å². The second kappa shape index (κ2) is 6.03. The highest BCUT2D eigenvalue weighted by Gasteiger charge is 2.47. The molecular weight excluding hydrogens is 340 g/mol. The number of carbonyl (C=O) groups excluding carboxylic acids is 1. The molecule has 7 heteroatoms. The number of carbonyl (C=O) groups is 2. The third-order valence-electron chi connectivity index (χ3n) is 3.55. The van der Waals surface area contributed by atoms with Crippen LogP contribution in [-0.4, -0.2) is 36.4 Å². The Kier molecular flexibility index (Phi) is 4.53. The number of carboxylic acid groups (broad SMARTS) is 1. The van der Waals surface area contributed by atoms with Crippen molar-refractivity contribution in [1.82, 2.24) is 5.32 Å². The number of benzene rings is 1. The molecule has 1 heterocycles. The first-order valence-electron chi connectivity index (χ1n) is 6.47. The third-order valence-corrected chi connectivity index (χ3v) is 4.01. The largest absolute Gasteiger partial charge is 0.481 e. The number of aryl methyl sites for hydroxylation is 1. The van der Waals surface area contributed by atoms with Gasteiger partial charge in [-0.1, -0.05) is 15.9 Å². The number of carboxylic acids is 1. The summed E-state index contributed by atoms with van der Waals surface area (Å²) in [6, 6.07) is 4.51. The maximum atomic E-state index is 12.0. The molecule has 21 heavy (non-hydrogen) atoms. The molecule has 1 aliphatic rings. The summed E-state index contributed by atoms with van der Waals surface area (Å²) < 4.78 is 6.05. The second-order valence-corrected chi connectivity index (χ2v) is 6.32. The van der Waals surface area contributed by atoms with E-state index in [1.807, 2.05) is 19.1 Å². The number of amides is 2. The van der Waals surface area contributed by atoms with Crippen molar-refractivity contribution in [3.05, 3.63) is 28.2 Å². The molecule has 0 aliphatic carbocycles. The number of anilines is 1. The van der Waals surface area contributed by atoms with Crippen LogP contribution in [0.4, 0.5) is 10.5 Å². The van der Waals surface area contributed by atoms with Crippen molar-refractivity contribution in [1.29, 1.82) is 0 Å². The molecule has 0 bridgehead atoms. The first-order chi connectivity index (χ1) is 9.81. The molecule has 1 aromatic rings. The van der Waals surface area contributed by atoms with Crippen LogP contribution in [0.5, 0.6) is 0 Å². The Morgan fingerprint density at radius 3 is 2.76 bits per heavy atom. The van der Waals surface area contributed by atoms with Crippen molar-refractivity contribution < 1.29 is 19.4 Å². The number of urea groups is 1. The smallest absolute Gasteiger partial charge is 0.319 e. The predicted molar refractivity (Wildman–Crippen MR) is 81.4 cm³/mol. The lowest BCUT2D eigenvalue weighted by molar-refractivity contribution is -0.148. The van der Waals surface area contributed by atoms with Crippen LogP contribution in [0.3, 0.4) is 0 Å². The summed E-state index contributed by atoms with van der Waals surface area (Å²) in [5.74, 6) is -0.983. The van der Waals surface area contributed by atoms with Gasteiger partial charge < -0.3 is 20.5 Å². The molecular formula is C14H17BrN2O4. The summed E-state index contributed by atoms with van der Waals surface area (Å²) in [4.78, 5) is 23.3. The van der Waals surface area contributed by atoms with Crippen LogP contribution in [0.2, 0.25) is 0 Å². The summed E-state index contributed by atoms with van der Waals surface area (Å²) in [5.41, 5.74) is 0.527. The first-order valence-corrected chi connectivity index (χ1v) is 7.26. The van der Waals surface area contributed by atoms with Crippen molar-refractivity contribution in [3.63, 3.8) is 0 Å². The number of hydrogen-bond donors (Lipinski definition) is 3. The van der Waals surface area contributed by atoms with Crippen LogP contribution in [0.1, 0.15) is 12.5 Å². The quantitative estimate of drug-likeness (QED) is 0.775. The number of ether oxygens (including phenoxy) is 1. The molecule has 3 N–H and O–H groups in total. The van der Waals surface area contributed by atoms with E-state index in [1.54, 1.807) is 13.0 Å². The Morgan fingerprint density at radius 1 is 1.43 bits per heavy atom.